The van der Waals surface area contributed by atoms with E-state index in [4.69, 9.17) is 0 Å². The van der Waals surface area contributed by atoms with E-state index >= 15 is 0 Å². The Morgan fingerprint density at radius 2 is 2.00 bits per heavy atom. The summed E-state index contributed by atoms with van der Waals surface area (Å²) in [6.07, 6.45) is 10.1. The molecule has 0 bridgehead atoms. The van der Waals surface area contributed by atoms with Crippen LogP contribution in [-0.2, 0) is 0 Å². The van der Waals surface area contributed by atoms with E-state index in [1.54, 1.807) is 0 Å². The molecule has 18 heavy (non-hydrogen) atoms. The van der Waals surface area contributed by atoms with E-state index in [9.17, 15) is 0 Å². The zero-order chi connectivity index (χ0) is 12.9. The molecule has 3 aliphatic carbocycles. The highest BCUT2D eigenvalue weighted by molar-refractivity contribution is 14.1. The maximum atomic E-state index is 2.70. The average molecular weight is 358 g/mol. The number of allylic oxidation sites excluding steroid dienone is 2. The first kappa shape index (κ1) is 13.5. The highest BCUT2D eigenvalue weighted by Gasteiger charge is 2.50. The third-order valence-corrected chi connectivity index (χ3v) is 7.35. The van der Waals surface area contributed by atoms with Crippen molar-refractivity contribution in [3.8, 4) is 0 Å². The molecule has 3 aliphatic rings. The van der Waals surface area contributed by atoms with E-state index in [0.717, 1.165) is 21.7 Å². The molecular weight excluding hydrogens is 331 g/mol. The van der Waals surface area contributed by atoms with Gasteiger partial charge in [0.25, 0.3) is 0 Å². The normalized spacial score (nSPS) is 42.7. The van der Waals surface area contributed by atoms with Crippen LogP contribution in [0.2, 0.25) is 0 Å². The Morgan fingerprint density at radius 1 is 1.22 bits per heavy atom. The molecule has 0 aromatic heterocycles. The summed E-state index contributed by atoms with van der Waals surface area (Å²) >= 11 is 2.70. The standard InChI is InChI=1S/C17H27I/c1-4-11-5-7-13-14-8-6-12(18)10-16(14)17(2,3)15(13)9-11/h11-12,14,16H,4-10H2,1-3H3. The quantitative estimate of drug-likeness (QED) is 0.318. The van der Waals surface area contributed by atoms with Gasteiger partial charge < -0.3 is 0 Å². The molecule has 0 saturated heterocycles. The van der Waals surface area contributed by atoms with Gasteiger partial charge in [-0.3, -0.25) is 0 Å². The Morgan fingerprint density at radius 3 is 2.72 bits per heavy atom. The molecule has 4 atom stereocenters. The van der Waals surface area contributed by atoms with Crippen molar-refractivity contribution in [3.63, 3.8) is 0 Å². The van der Waals surface area contributed by atoms with Crippen LogP contribution in [0.15, 0.2) is 11.1 Å². The number of hydrogen-bond acceptors (Lipinski definition) is 0. The van der Waals surface area contributed by atoms with Gasteiger partial charge >= 0.3 is 0 Å². The highest BCUT2D eigenvalue weighted by Crippen LogP contribution is 2.61. The second kappa shape index (κ2) is 4.79. The average Bonchev–Trinajstić information content (AvgIpc) is 2.58. The third-order valence-electron chi connectivity index (χ3n) is 6.22. The van der Waals surface area contributed by atoms with Gasteiger partial charge in [-0.2, -0.15) is 0 Å². The summed E-state index contributed by atoms with van der Waals surface area (Å²) in [5.41, 5.74) is 4.34. The minimum atomic E-state index is 0.512. The van der Waals surface area contributed by atoms with Crippen LogP contribution in [-0.4, -0.2) is 3.92 Å². The van der Waals surface area contributed by atoms with Crippen LogP contribution >= 0.6 is 22.6 Å². The summed E-state index contributed by atoms with van der Waals surface area (Å²) < 4.78 is 0.937. The zero-order valence-corrected chi connectivity index (χ0v) is 14.3. The lowest BCUT2D eigenvalue weighted by molar-refractivity contribution is 0.178. The number of fused-ring (bicyclic) bond motifs is 2. The van der Waals surface area contributed by atoms with E-state index in [1.165, 1.54) is 44.9 Å². The van der Waals surface area contributed by atoms with Crippen LogP contribution in [0.5, 0.6) is 0 Å². The summed E-state index contributed by atoms with van der Waals surface area (Å²) in [6, 6.07) is 0. The predicted octanol–water partition coefficient (Wildman–Crippen LogP) is 5.75. The molecule has 3 rings (SSSR count). The molecule has 1 fully saturated rings. The Bertz CT molecular complexity index is 366. The van der Waals surface area contributed by atoms with Crippen molar-refractivity contribution in [1.82, 2.24) is 0 Å². The smallest absolute Gasteiger partial charge is 0.0113 e. The molecule has 0 aromatic rings. The first-order valence-corrected chi connectivity index (χ1v) is 9.15. The molecule has 1 saturated carbocycles. The van der Waals surface area contributed by atoms with Crippen molar-refractivity contribution in [3.05, 3.63) is 11.1 Å². The molecule has 0 amide bonds. The third kappa shape index (κ3) is 1.99. The minimum Gasteiger partial charge on any atom is -0.0826 e. The number of halogens is 1. The molecule has 0 aliphatic heterocycles. The van der Waals surface area contributed by atoms with Gasteiger partial charge in [0.2, 0.25) is 0 Å². The molecule has 0 spiro atoms. The van der Waals surface area contributed by atoms with Crippen molar-refractivity contribution >= 4 is 22.6 Å². The minimum absolute atomic E-state index is 0.512. The van der Waals surface area contributed by atoms with Crippen LogP contribution in [0, 0.1) is 23.2 Å². The van der Waals surface area contributed by atoms with Crippen molar-refractivity contribution in [1.29, 1.82) is 0 Å². The molecular formula is C17H27I. The Kier molecular flexibility index (Phi) is 3.58. The Balaban J connectivity index is 1.91. The van der Waals surface area contributed by atoms with E-state index in [1.807, 2.05) is 11.1 Å². The molecule has 102 valence electrons. The largest absolute Gasteiger partial charge is 0.0826 e. The van der Waals surface area contributed by atoms with Crippen LogP contribution in [0.1, 0.15) is 65.7 Å². The van der Waals surface area contributed by atoms with E-state index in [-0.39, 0.29) is 0 Å². The SMILES string of the molecule is CCC1CCC2=C(C1)C(C)(C)C1CC(I)CCC21. The van der Waals surface area contributed by atoms with Gasteiger partial charge in [0.1, 0.15) is 0 Å². The summed E-state index contributed by atoms with van der Waals surface area (Å²) in [7, 11) is 0. The summed E-state index contributed by atoms with van der Waals surface area (Å²) in [4.78, 5) is 0. The van der Waals surface area contributed by atoms with Gasteiger partial charge in [0.05, 0.1) is 0 Å². The van der Waals surface area contributed by atoms with Crippen molar-refractivity contribution in [2.45, 2.75) is 69.6 Å². The Labute approximate surface area is 126 Å². The fourth-order valence-corrected chi connectivity index (χ4v) is 5.93. The monoisotopic (exact) mass is 358 g/mol. The fraction of sp³-hybridized carbons (Fsp3) is 0.882. The summed E-state index contributed by atoms with van der Waals surface area (Å²) in [5, 5.41) is 0. The molecule has 0 nitrogen and oxygen atoms in total. The second-order valence-electron chi connectivity index (χ2n) is 7.37. The zero-order valence-electron chi connectivity index (χ0n) is 12.1. The molecule has 0 N–H and O–H groups in total. The maximum Gasteiger partial charge on any atom is 0.0113 e. The lowest BCUT2D eigenvalue weighted by Crippen LogP contribution is -2.31. The van der Waals surface area contributed by atoms with Gasteiger partial charge in [0, 0.05) is 3.92 Å². The molecule has 4 unspecified atom stereocenters. The number of hydrogen-bond donors (Lipinski definition) is 0. The van der Waals surface area contributed by atoms with Gasteiger partial charge in [-0.15, -0.1) is 0 Å². The van der Waals surface area contributed by atoms with Gasteiger partial charge in [0.15, 0.2) is 0 Å². The predicted molar refractivity (Wildman–Crippen MR) is 87.1 cm³/mol. The van der Waals surface area contributed by atoms with Crippen LogP contribution in [0.4, 0.5) is 0 Å². The van der Waals surface area contributed by atoms with Gasteiger partial charge in [-0.1, -0.05) is 60.9 Å². The van der Waals surface area contributed by atoms with Gasteiger partial charge in [-0.25, -0.2) is 0 Å². The molecule has 0 radical (unpaired) electrons. The maximum absolute atomic E-state index is 2.70. The lowest BCUT2D eigenvalue weighted by atomic mass is 9.68. The van der Waals surface area contributed by atoms with E-state index < -0.39 is 0 Å². The number of alkyl halides is 1. The molecule has 0 heterocycles. The topological polar surface area (TPSA) is 0 Å². The molecule has 1 heteroatoms. The highest BCUT2D eigenvalue weighted by atomic mass is 127. The van der Waals surface area contributed by atoms with Crippen molar-refractivity contribution < 1.29 is 0 Å². The van der Waals surface area contributed by atoms with Crippen LogP contribution < -0.4 is 0 Å². The number of rotatable bonds is 1. The lowest BCUT2D eigenvalue weighted by Gasteiger charge is -2.39. The first-order chi connectivity index (χ1) is 8.54. The second-order valence-corrected chi connectivity index (χ2v) is 9.13. The summed E-state index contributed by atoms with van der Waals surface area (Å²) in [6.45, 7) is 7.49. The van der Waals surface area contributed by atoms with Crippen LogP contribution in [0.25, 0.3) is 0 Å². The van der Waals surface area contributed by atoms with Crippen LogP contribution in [0.3, 0.4) is 0 Å². The first-order valence-electron chi connectivity index (χ1n) is 7.90. The van der Waals surface area contributed by atoms with Crippen molar-refractivity contribution in [2.24, 2.45) is 23.2 Å². The summed E-state index contributed by atoms with van der Waals surface area (Å²) in [5.74, 6) is 2.92. The fourth-order valence-electron chi connectivity index (χ4n) is 5.02. The van der Waals surface area contributed by atoms with Gasteiger partial charge in [-0.05, 0) is 61.7 Å². The molecule has 0 aromatic carbocycles. The van der Waals surface area contributed by atoms with Crippen molar-refractivity contribution in [2.75, 3.05) is 0 Å². The van der Waals surface area contributed by atoms with E-state index in [0.29, 0.717) is 5.41 Å². The Hall–Kier alpha value is 0.470. The van der Waals surface area contributed by atoms with E-state index in [2.05, 4.69) is 43.4 Å².